The number of aromatic nitrogens is 2. The quantitative estimate of drug-likeness (QED) is 0.315. The number of hydrogen-bond donors (Lipinski definition) is 2. The Morgan fingerprint density at radius 3 is 2.69 bits per heavy atom. The lowest BCUT2D eigenvalue weighted by Gasteiger charge is -2.15. The van der Waals surface area contributed by atoms with Crippen molar-refractivity contribution in [1.82, 2.24) is 14.3 Å². The SMILES string of the molecule is C=CCN1C(=O)C(=Cc2c(NCC(O)c3ccccc3)nc3ccccn3c2=O)SC1=S. The number of fused-ring (bicyclic) bond motifs is 1. The van der Waals surface area contributed by atoms with Gasteiger partial charge in [0.25, 0.3) is 11.5 Å². The molecule has 32 heavy (non-hydrogen) atoms. The van der Waals surface area contributed by atoms with Crippen LogP contribution in [0.5, 0.6) is 0 Å². The van der Waals surface area contributed by atoms with Gasteiger partial charge in [-0.05, 0) is 23.8 Å². The molecule has 1 amide bonds. The Labute approximate surface area is 194 Å². The van der Waals surface area contributed by atoms with Crippen LogP contribution in [0, 0.1) is 0 Å². The standard InChI is InChI=1S/C23H20N4O3S2/c1-2-11-27-22(30)18(32-23(27)31)13-16-20(24-14-17(28)15-8-4-3-5-9-15)25-19-10-6-7-12-26(19)21(16)29/h2-10,12-13,17,24,28H,1,11,14H2. The van der Waals surface area contributed by atoms with Crippen molar-refractivity contribution in [3.63, 3.8) is 0 Å². The number of pyridine rings is 1. The molecule has 1 aliphatic heterocycles. The Morgan fingerprint density at radius 1 is 1.19 bits per heavy atom. The smallest absolute Gasteiger partial charge is 0.267 e. The molecule has 3 heterocycles. The molecule has 1 aromatic carbocycles. The van der Waals surface area contributed by atoms with E-state index in [1.54, 1.807) is 30.5 Å². The van der Waals surface area contributed by atoms with Crippen LogP contribution in [-0.4, -0.2) is 42.7 Å². The summed E-state index contributed by atoms with van der Waals surface area (Å²) in [6.45, 7) is 4.08. The summed E-state index contributed by atoms with van der Waals surface area (Å²) < 4.78 is 1.82. The van der Waals surface area contributed by atoms with Gasteiger partial charge in [0.05, 0.1) is 16.6 Å². The van der Waals surface area contributed by atoms with Gasteiger partial charge < -0.3 is 10.4 Å². The van der Waals surface area contributed by atoms with E-state index < -0.39 is 6.10 Å². The number of carbonyl (C=O) groups excluding carboxylic acids is 1. The molecule has 1 aliphatic rings. The summed E-state index contributed by atoms with van der Waals surface area (Å²) in [4.78, 5) is 32.3. The van der Waals surface area contributed by atoms with E-state index in [9.17, 15) is 14.7 Å². The van der Waals surface area contributed by atoms with Gasteiger partial charge in [-0.25, -0.2) is 4.98 Å². The lowest BCUT2D eigenvalue weighted by Crippen LogP contribution is -2.28. The molecule has 4 rings (SSSR count). The summed E-state index contributed by atoms with van der Waals surface area (Å²) in [5.41, 5.74) is 1.07. The third-order valence-electron chi connectivity index (χ3n) is 4.88. The van der Waals surface area contributed by atoms with E-state index >= 15 is 0 Å². The van der Waals surface area contributed by atoms with E-state index in [1.807, 2.05) is 30.3 Å². The molecule has 1 saturated heterocycles. The van der Waals surface area contributed by atoms with Gasteiger partial charge in [0.2, 0.25) is 0 Å². The highest BCUT2D eigenvalue weighted by atomic mass is 32.2. The maximum Gasteiger partial charge on any atom is 0.267 e. The second kappa shape index (κ2) is 9.47. The molecule has 162 valence electrons. The minimum atomic E-state index is -0.800. The minimum Gasteiger partial charge on any atom is -0.387 e. The van der Waals surface area contributed by atoms with Gasteiger partial charge >= 0.3 is 0 Å². The number of rotatable bonds is 7. The van der Waals surface area contributed by atoms with Gasteiger partial charge in [-0.1, -0.05) is 66.5 Å². The number of aliphatic hydroxyl groups excluding tert-OH is 1. The number of anilines is 1. The molecule has 9 heteroatoms. The van der Waals surface area contributed by atoms with Crippen molar-refractivity contribution >= 4 is 51.7 Å². The van der Waals surface area contributed by atoms with E-state index in [0.29, 0.717) is 21.4 Å². The Hall–Kier alpha value is -3.27. The van der Waals surface area contributed by atoms with Crippen LogP contribution in [0.3, 0.4) is 0 Å². The third-order valence-corrected chi connectivity index (χ3v) is 6.25. The molecule has 0 aliphatic carbocycles. The minimum absolute atomic E-state index is 0.137. The molecule has 1 atom stereocenters. The number of hydrogen-bond acceptors (Lipinski definition) is 7. The molecule has 0 saturated carbocycles. The van der Waals surface area contributed by atoms with Crippen LogP contribution in [0.15, 0.2) is 77.1 Å². The van der Waals surface area contributed by atoms with Crippen LogP contribution in [-0.2, 0) is 4.79 Å². The summed E-state index contributed by atoms with van der Waals surface area (Å²) in [7, 11) is 0. The highest BCUT2D eigenvalue weighted by molar-refractivity contribution is 8.26. The van der Waals surface area contributed by atoms with Crippen LogP contribution in [0.4, 0.5) is 5.82 Å². The van der Waals surface area contributed by atoms with Gasteiger partial charge in [0, 0.05) is 19.3 Å². The third kappa shape index (κ3) is 4.36. The first-order chi connectivity index (χ1) is 15.5. The molecule has 7 nitrogen and oxygen atoms in total. The first kappa shape index (κ1) is 21.9. The summed E-state index contributed by atoms with van der Waals surface area (Å²) >= 11 is 6.42. The molecule has 2 aromatic heterocycles. The summed E-state index contributed by atoms with van der Waals surface area (Å²) in [6, 6.07) is 14.4. The van der Waals surface area contributed by atoms with Gasteiger partial charge in [-0.2, -0.15) is 0 Å². The number of nitrogens with zero attached hydrogens (tertiary/aromatic N) is 3. The predicted molar refractivity (Wildman–Crippen MR) is 131 cm³/mol. The average molecular weight is 465 g/mol. The lowest BCUT2D eigenvalue weighted by molar-refractivity contribution is -0.121. The zero-order chi connectivity index (χ0) is 22.7. The normalized spacial score (nSPS) is 16.0. The summed E-state index contributed by atoms with van der Waals surface area (Å²) in [5, 5.41) is 13.6. The first-order valence-electron chi connectivity index (χ1n) is 9.84. The van der Waals surface area contributed by atoms with Crippen molar-refractivity contribution in [2.45, 2.75) is 6.10 Å². The Balaban J connectivity index is 1.73. The Morgan fingerprint density at radius 2 is 1.94 bits per heavy atom. The maximum absolute atomic E-state index is 13.2. The summed E-state index contributed by atoms with van der Waals surface area (Å²) in [5.74, 6) is -0.00195. The van der Waals surface area contributed by atoms with E-state index in [1.165, 1.54) is 15.4 Å². The monoisotopic (exact) mass is 464 g/mol. The van der Waals surface area contributed by atoms with E-state index in [4.69, 9.17) is 12.2 Å². The largest absolute Gasteiger partial charge is 0.387 e. The fourth-order valence-electron chi connectivity index (χ4n) is 3.27. The molecule has 3 aromatic rings. The van der Waals surface area contributed by atoms with Crippen molar-refractivity contribution in [2.24, 2.45) is 0 Å². The van der Waals surface area contributed by atoms with Crippen molar-refractivity contribution in [3.05, 3.63) is 93.8 Å². The van der Waals surface area contributed by atoms with E-state index in [-0.39, 0.29) is 29.4 Å². The predicted octanol–water partition coefficient (Wildman–Crippen LogP) is 3.23. The molecule has 2 N–H and O–H groups in total. The Bertz CT molecular complexity index is 1290. The van der Waals surface area contributed by atoms with Crippen molar-refractivity contribution < 1.29 is 9.90 Å². The zero-order valence-electron chi connectivity index (χ0n) is 17.0. The molecule has 0 radical (unpaired) electrons. The van der Waals surface area contributed by atoms with E-state index in [0.717, 1.165) is 17.3 Å². The lowest BCUT2D eigenvalue weighted by atomic mass is 10.1. The second-order valence-corrected chi connectivity index (χ2v) is 8.67. The second-order valence-electron chi connectivity index (χ2n) is 7.00. The van der Waals surface area contributed by atoms with Crippen LogP contribution in [0.1, 0.15) is 17.2 Å². The van der Waals surface area contributed by atoms with Gasteiger partial charge in [-0.15, -0.1) is 6.58 Å². The first-order valence-corrected chi connectivity index (χ1v) is 11.1. The number of thiocarbonyl (C=S) groups is 1. The molecule has 1 unspecified atom stereocenters. The Kier molecular flexibility index (Phi) is 6.50. The number of aliphatic hydroxyl groups is 1. The topological polar surface area (TPSA) is 86.9 Å². The molecule has 0 bridgehead atoms. The van der Waals surface area contributed by atoms with Crippen LogP contribution >= 0.6 is 24.0 Å². The zero-order valence-corrected chi connectivity index (χ0v) is 18.6. The van der Waals surface area contributed by atoms with Crippen LogP contribution in [0.2, 0.25) is 0 Å². The summed E-state index contributed by atoms with van der Waals surface area (Å²) in [6.07, 6.45) is 3.92. The molecular formula is C23H20N4O3S2. The van der Waals surface area contributed by atoms with Crippen molar-refractivity contribution in [1.29, 1.82) is 0 Å². The number of nitrogens with one attached hydrogen (secondary N) is 1. The highest BCUT2D eigenvalue weighted by Crippen LogP contribution is 2.33. The average Bonchev–Trinajstić information content (AvgIpc) is 3.08. The number of carbonyl (C=O) groups is 1. The fourth-order valence-corrected chi connectivity index (χ4v) is 4.53. The molecule has 0 spiro atoms. The van der Waals surface area contributed by atoms with Gasteiger partial charge in [0.1, 0.15) is 15.8 Å². The van der Waals surface area contributed by atoms with Crippen LogP contribution in [0.25, 0.3) is 11.7 Å². The number of amides is 1. The van der Waals surface area contributed by atoms with Gasteiger partial charge in [0.15, 0.2) is 0 Å². The van der Waals surface area contributed by atoms with Crippen molar-refractivity contribution in [3.8, 4) is 0 Å². The van der Waals surface area contributed by atoms with Crippen LogP contribution < -0.4 is 10.9 Å². The fraction of sp³-hybridized carbons (Fsp3) is 0.130. The number of benzene rings is 1. The number of thioether (sulfide) groups is 1. The molecular weight excluding hydrogens is 444 g/mol. The van der Waals surface area contributed by atoms with Gasteiger partial charge in [-0.3, -0.25) is 18.9 Å². The van der Waals surface area contributed by atoms with E-state index in [2.05, 4.69) is 16.9 Å². The molecule has 1 fully saturated rings. The highest BCUT2D eigenvalue weighted by Gasteiger charge is 2.31. The maximum atomic E-state index is 13.2. The van der Waals surface area contributed by atoms with Crippen molar-refractivity contribution in [2.75, 3.05) is 18.4 Å².